The molecule has 1 unspecified atom stereocenters. The standard InChI is InChI=1S/C14H22O5/c1-14(19-15,18-11-10-16-2)8-9-17-12-13-6-4-3-5-7-13/h3-7,15H,8-12H2,1-2H3. The Morgan fingerprint density at radius 2 is 1.84 bits per heavy atom. The summed E-state index contributed by atoms with van der Waals surface area (Å²) in [5.74, 6) is -1.06. The zero-order chi connectivity index (χ0) is 14.0. The molecule has 1 aromatic carbocycles. The topological polar surface area (TPSA) is 57.2 Å². The third-order valence-corrected chi connectivity index (χ3v) is 2.70. The van der Waals surface area contributed by atoms with Gasteiger partial charge in [-0.1, -0.05) is 30.3 Å². The Balaban J connectivity index is 2.21. The molecule has 1 aromatic rings. The lowest BCUT2D eigenvalue weighted by Gasteiger charge is -2.25. The highest BCUT2D eigenvalue weighted by molar-refractivity contribution is 5.13. The first-order valence-electron chi connectivity index (χ1n) is 6.27. The number of methoxy groups -OCH3 is 1. The van der Waals surface area contributed by atoms with Crippen LogP contribution in [0.15, 0.2) is 30.3 Å². The molecule has 0 bridgehead atoms. The molecular formula is C14H22O5. The van der Waals surface area contributed by atoms with Gasteiger partial charge < -0.3 is 14.2 Å². The molecule has 5 nitrogen and oxygen atoms in total. The van der Waals surface area contributed by atoms with Crippen molar-refractivity contribution in [2.45, 2.75) is 25.7 Å². The van der Waals surface area contributed by atoms with Crippen LogP contribution < -0.4 is 0 Å². The Hall–Kier alpha value is -0.980. The smallest absolute Gasteiger partial charge is 0.200 e. The normalized spacial score (nSPS) is 14.3. The van der Waals surface area contributed by atoms with Gasteiger partial charge in [-0.3, -0.25) is 0 Å². The lowest BCUT2D eigenvalue weighted by Crippen LogP contribution is -2.34. The Labute approximate surface area is 114 Å². The van der Waals surface area contributed by atoms with E-state index in [-0.39, 0.29) is 0 Å². The van der Waals surface area contributed by atoms with E-state index < -0.39 is 5.79 Å². The predicted octanol–water partition coefficient (Wildman–Crippen LogP) is 2.46. The molecule has 19 heavy (non-hydrogen) atoms. The van der Waals surface area contributed by atoms with E-state index >= 15 is 0 Å². The molecule has 1 atom stereocenters. The summed E-state index contributed by atoms with van der Waals surface area (Å²) in [5, 5.41) is 8.88. The van der Waals surface area contributed by atoms with E-state index in [1.807, 2.05) is 30.3 Å². The van der Waals surface area contributed by atoms with E-state index in [0.29, 0.717) is 32.8 Å². The molecule has 1 rings (SSSR count). The zero-order valence-electron chi connectivity index (χ0n) is 11.5. The van der Waals surface area contributed by atoms with Crippen LogP contribution in [0.5, 0.6) is 0 Å². The van der Waals surface area contributed by atoms with Gasteiger partial charge in [-0.2, -0.15) is 0 Å². The Kier molecular flexibility index (Phi) is 7.62. The molecule has 1 N–H and O–H groups in total. The molecule has 5 heteroatoms. The summed E-state index contributed by atoms with van der Waals surface area (Å²) in [6.45, 7) is 3.42. The van der Waals surface area contributed by atoms with Crippen molar-refractivity contribution in [3.05, 3.63) is 35.9 Å². The van der Waals surface area contributed by atoms with Gasteiger partial charge in [0.1, 0.15) is 0 Å². The summed E-state index contributed by atoms with van der Waals surface area (Å²) in [4.78, 5) is 4.38. The summed E-state index contributed by atoms with van der Waals surface area (Å²) in [7, 11) is 1.59. The van der Waals surface area contributed by atoms with Crippen LogP contribution in [0.1, 0.15) is 18.9 Å². The van der Waals surface area contributed by atoms with Gasteiger partial charge >= 0.3 is 0 Å². The van der Waals surface area contributed by atoms with Gasteiger partial charge in [0, 0.05) is 13.5 Å². The van der Waals surface area contributed by atoms with Crippen molar-refractivity contribution in [3.8, 4) is 0 Å². The summed E-state index contributed by atoms with van der Waals surface area (Å²) in [6, 6.07) is 9.89. The molecule has 0 heterocycles. The fraction of sp³-hybridized carbons (Fsp3) is 0.571. The molecule has 0 aliphatic rings. The van der Waals surface area contributed by atoms with Gasteiger partial charge in [0.25, 0.3) is 0 Å². The number of hydrogen-bond donors (Lipinski definition) is 1. The maximum atomic E-state index is 8.88. The lowest BCUT2D eigenvalue weighted by molar-refractivity contribution is -0.401. The first kappa shape index (κ1) is 16.1. The summed E-state index contributed by atoms with van der Waals surface area (Å²) in [6.07, 6.45) is 0.431. The van der Waals surface area contributed by atoms with E-state index in [2.05, 4.69) is 4.89 Å². The molecule has 108 valence electrons. The minimum Gasteiger partial charge on any atom is -0.382 e. The van der Waals surface area contributed by atoms with Crippen LogP contribution >= 0.6 is 0 Å². The summed E-state index contributed by atoms with van der Waals surface area (Å²) in [5.41, 5.74) is 1.11. The lowest BCUT2D eigenvalue weighted by atomic mass is 10.2. The van der Waals surface area contributed by atoms with Crippen LogP contribution in [0.2, 0.25) is 0 Å². The van der Waals surface area contributed by atoms with E-state index in [0.717, 1.165) is 5.56 Å². The monoisotopic (exact) mass is 270 g/mol. The Bertz CT molecular complexity index is 330. The van der Waals surface area contributed by atoms with Crippen LogP contribution in [-0.2, 0) is 25.7 Å². The first-order chi connectivity index (χ1) is 9.20. The highest BCUT2D eigenvalue weighted by atomic mass is 17.1. The first-order valence-corrected chi connectivity index (χ1v) is 6.27. The predicted molar refractivity (Wildman–Crippen MR) is 70.7 cm³/mol. The number of hydrogen-bond acceptors (Lipinski definition) is 5. The van der Waals surface area contributed by atoms with Gasteiger partial charge in [-0.15, -0.1) is 0 Å². The zero-order valence-corrected chi connectivity index (χ0v) is 11.5. The maximum absolute atomic E-state index is 8.88. The van der Waals surface area contributed by atoms with Crippen LogP contribution in [0, 0.1) is 0 Å². The molecule has 0 radical (unpaired) electrons. The fourth-order valence-corrected chi connectivity index (χ4v) is 1.51. The van der Waals surface area contributed by atoms with E-state index in [4.69, 9.17) is 19.5 Å². The number of ether oxygens (including phenoxy) is 3. The Morgan fingerprint density at radius 1 is 1.11 bits per heavy atom. The van der Waals surface area contributed by atoms with Crippen molar-refractivity contribution in [1.29, 1.82) is 0 Å². The maximum Gasteiger partial charge on any atom is 0.200 e. The van der Waals surface area contributed by atoms with Gasteiger partial charge in [-0.05, 0) is 12.5 Å². The van der Waals surface area contributed by atoms with E-state index in [1.54, 1.807) is 14.0 Å². The molecule has 0 fully saturated rings. The molecule has 0 spiro atoms. The van der Waals surface area contributed by atoms with Crippen molar-refractivity contribution in [3.63, 3.8) is 0 Å². The quantitative estimate of drug-likeness (QED) is 0.306. The average Bonchev–Trinajstić information content (AvgIpc) is 2.45. The van der Waals surface area contributed by atoms with Crippen molar-refractivity contribution in [1.82, 2.24) is 0 Å². The third kappa shape index (κ3) is 6.66. The number of rotatable bonds is 10. The van der Waals surface area contributed by atoms with E-state index in [1.165, 1.54) is 0 Å². The second kappa shape index (κ2) is 9.01. The fourth-order valence-electron chi connectivity index (χ4n) is 1.51. The van der Waals surface area contributed by atoms with Gasteiger partial charge in [-0.25, -0.2) is 10.1 Å². The van der Waals surface area contributed by atoms with Crippen molar-refractivity contribution in [2.75, 3.05) is 26.9 Å². The van der Waals surface area contributed by atoms with Crippen LogP contribution in [0.25, 0.3) is 0 Å². The minimum atomic E-state index is -1.06. The Morgan fingerprint density at radius 3 is 2.47 bits per heavy atom. The van der Waals surface area contributed by atoms with Gasteiger partial charge in [0.05, 0.1) is 26.4 Å². The molecule has 0 aliphatic heterocycles. The molecule has 0 amide bonds. The second-order valence-corrected chi connectivity index (χ2v) is 4.35. The molecule has 0 saturated carbocycles. The van der Waals surface area contributed by atoms with Crippen molar-refractivity contribution < 1.29 is 24.4 Å². The second-order valence-electron chi connectivity index (χ2n) is 4.35. The average molecular weight is 270 g/mol. The number of benzene rings is 1. The highest BCUT2D eigenvalue weighted by Gasteiger charge is 2.26. The summed E-state index contributed by atoms with van der Waals surface area (Å²) < 4.78 is 15.8. The minimum absolute atomic E-state index is 0.353. The largest absolute Gasteiger partial charge is 0.382 e. The van der Waals surface area contributed by atoms with Gasteiger partial charge in [0.2, 0.25) is 5.79 Å². The summed E-state index contributed by atoms with van der Waals surface area (Å²) >= 11 is 0. The highest BCUT2D eigenvalue weighted by Crippen LogP contribution is 2.16. The van der Waals surface area contributed by atoms with Crippen LogP contribution in [0.4, 0.5) is 0 Å². The third-order valence-electron chi connectivity index (χ3n) is 2.70. The van der Waals surface area contributed by atoms with Crippen LogP contribution in [-0.4, -0.2) is 38.0 Å². The molecule has 0 aromatic heterocycles. The van der Waals surface area contributed by atoms with E-state index in [9.17, 15) is 0 Å². The SMILES string of the molecule is COCCOC(C)(CCOCc1ccccc1)OO. The molecule has 0 aliphatic carbocycles. The molecule has 0 saturated heterocycles. The van der Waals surface area contributed by atoms with Crippen molar-refractivity contribution in [2.24, 2.45) is 0 Å². The molecular weight excluding hydrogens is 248 g/mol. The van der Waals surface area contributed by atoms with Gasteiger partial charge in [0.15, 0.2) is 0 Å². The van der Waals surface area contributed by atoms with Crippen molar-refractivity contribution >= 4 is 0 Å². The van der Waals surface area contributed by atoms with Crippen LogP contribution in [0.3, 0.4) is 0 Å².